The zero-order chi connectivity index (χ0) is 33.1. The van der Waals surface area contributed by atoms with Gasteiger partial charge in [-0.3, -0.25) is 9.69 Å². The van der Waals surface area contributed by atoms with E-state index in [0.717, 1.165) is 62.3 Å². The molecule has 6 rings (SSSR count). The van der Waals surface area contributed by atoms with Crippen LogP contribution in [0.3, 0.4) is 0 Å². The molecule has 1 N–H and O–H groups in total. The Labute approximate surface area is 280 Å². The van der Waals surface area contributed by atoms with Gasteiger partial charge in [-0.05, 0) is 93.8 Å². The van der Waals surface area contributed by atoms with Crippen molar-refractivity contribution in [2.24, 2.45) is 0 Å². The molecule has 3 fully saturated rings. The first-order chi connectivity index (χ1) is 22.7. The minimum atomic E-state index is -0.878. The third kappa shape index (κ3) is 7.75. The summed E-state index contributed by atoms with van der Waals surface area (Å²) >= 11 is 0. The zero-order valence-corrected chi connectivity index (χ0v) is 28.7. The van der Waals surface area contributed by atoms with E-state index in [1.165, 1.54) is 16.7 Å². The van der Waals surface area contributed by atoms with E-state index < -0.39 is 12.2 Å². The number of hydrogen-bond donors (Lipinski definition) is 1. The van der Waals surface area contributed by atoms with Gasteiger partial charge in [0.1, 0.15) is 0 Å². The van der Waals surface area contributed by atoms with E-state index >= 15 is 0 Å². The summed E-state index contributed by atoms with van der Waals surface area (Å²) in [5.74, 6) is -0.0956. The van der Waals surface area contributed by atoms with Crippen LogP contribution >= 0.6 is 0 Å². The molecule has 0 bridgehead atoms. The van der Waals surface area contributed by atoms with Crippen LogP contribution in [0.2, 0.25) is 0 Å². The first-order valence-electron chi connectivity index (χ1n) is 17.6. The van der Waals surface area contributed by atoms with E-state index in [9.17, 15) is 14.4 Å². The molecule has 3 saturated heterocycles. The Morgan fingerprint density at radius 1 is 0.830 bits per heavy atom. The molecule has 1 atom stereocenters. The Hall–Kier alpha value is -3.63. The number of carbonyl (C=O) groups excluding carboxylic acids is 3. The fraction of sp³-hybridized carbons (Fsp3) is 0.595. The number of benzene rings is 2. The summed E-state index contributed by atoms with van der Waals surface area (Å²) in [5, 5.41) is 3.07. The molecular weight excluding hydrogens is 592 g/mol. The number of rotatable bonds is 6. The maximum absolute atomic E-state index is 14.1. The lowest BCUT2D eigenvalue weighted by Crippen LogP contribution is -2.54. The van der Waals surface area contributed by atoms with Gasteiger partial charge in [0.15, 0.2) is 6.10 Å². The summed E-state index contributed by atoms with van der Waals surface area (Å²) in [6.45, 7) is 13.6. The lowest BCUT2D eigenvalue weighted by Gasteiger charge is -2.42. The van der Waals surface area contributed by atoms with E-state index in [1.54, 1.807) is 4.90 Å². The van der Waals surface area contributed by atoms with Crippen molar-refractivity contribution in [2.75, 3.05) is 71.3 Å². The molecule has 0 aliphatic carbocycles. The van der Waals surface area contributed by atoms with Crippen LogP contribution in [0.1, 0.15) is 53.5 Å². The van der Waals surface area contributed by atoms with Crippen LogP contribution in [0.5, 0.6) is 0 Å². The minimum absolute atomic E-state index is 0.0471. The fourth-order valence-electron chi connectivity index (χ4n) is 7.77. The average Bonchev–Trinajstić information content (AvgIpc) is 3.25. The van der Waals surface area contributed by atoms with E-state index in [-0.39, 0.29) is 18.0 Å². The van der Waals surface area contributed by atoms with E-state index in [2.05, 4.69) is 61.1 Å². The maximum Gasteiger partial charge on any atom is 0.410 e. The van der Waals surface area contributed by atoms with Crippen LogP contribution in [0, 0.1) is 20.8 Å². The third-order valence-corrected chi connectivity index (χ3v) is 11.1. The van der Waals surface area contributed by atoms with E-state index in [1.807, 2.05) is 28.0 Å². The molecule has 47 heavy (non-hydrogen) atoms. The molecule has 4 aliphatic heterocycles. The number of carbonyl (C=O) groups is 3. The Morgan fingerprint density at radius 3 is 2.13 bits per heavy atom. The molecule has 4 amide bonds. The molecule has 2 aromatic rings. The highest BCUT2D eigenvalue weighted by Gasteiger charge is 2.36. The lowest BCUT2D eigenvalue weighted by atomic mass is 9.96. The van der Waals surface area contributed by atoms with Crippen LogP contribution in [-0.4, -0.2) is 127 Å². The second-order valence-electron chi connectivity index (χ2n) is 14.1. The predicted octanol–water partition coefficient (Wildman–Crippen LogP) is 4.45. The second-order valence-corrected chi connectivity index (χ2v) is 14.1. The Morgan fingerprint density at radius 2 is 1.45 bits per heavy atom. The van der Waals surface area contributed by atoms with E-state index in [4.69, 9.17) is 4.74 Å². The highest BCUT2D eigenvalue weighted by Crippen LogP contribution is 2.26. The number of fused-ring (bicyclic) bond motifs is 1. The number of hydrogen-bond acceptors (Lipinski definition) is 6. The van der Waals surface area contributed by atoms with Crippen LogP contribution < -0.4 is 5.32 Å². The number of ether oxygens (including phenoxy) is 1. The second kappa shape index (κ2) is 14.6. The van der Waals surface area contributed by atoms with Crippen LogP contribution in [0.25, 0.3) is 0 Å². The Bertz CT molecular complexity index is 1420. The van der Waals surface area contributed by atoms with E-state index in [0.29, 0.717) is 58.0 Å². The van der Waals surface area contributed by atoms with Crippen molar-refractivity contribution in [3.05, 3.63) is 64.2 Å². The number of likely N-dealkylation sites (tertiary alicyclic amines) is 2. The van der Waals surface area contributed by atoms with Crippen molar-refractivity contribution in [3.63, 3.8) is 0 Å². The number of amides is 4. The minimum Gasteiger partial charge on any atom is -0.436 e. The molecule has 10 nitrogen and oxygen atoms in total. The van der Waals surface area contributed by atoms with Gasteiger partial charge in [0.2, 0.25) is 0 Å². The molecule has 0 aromatic heterocycles. The zero-order valence-electron chi connectivity index (χ0n) is 28.7. The maximum atomic E-state index is 14.1. The Balaban J connectivity index is 1.08. The number of urea groups is 1. The molecule has 0 unspecified atom stereocenters. The molecule has 0 saturated carbocycles. The summed E-state index contributed by atoms with van der Waals surface area (Å²) in [5.41, 5.74) is 6.61. The van der Waals surface area contributed by atoms with Crippen molar-refractivity contribution >= 4 is 23.7 Å². The first-order valence-corrected chi connectivity index (χ1v) is 17.6. The predicted molar refractivity (Wildman–Crippen MR) is 184 cm³/mol. The number of piperidine rings is 2. The van der Waals surface area contributed by atoms with Gasteiger partial charge < -0.3 is 29.7 Å². The summed E-state index contributed by atoms with van der Waals surface area (Å²) in [6.07, 6.45) is 3.07. The summed E-state index contributed by atoms with van der Waals surface area (Å²) in [4.78, 5) is 51.3. The normalized spacial score (nSPS) is 21.2. The molecule has 4 aliphatic rings. The largest absolute Gasteiger partial charge is 0.436 e. The summed E-state index contributed by atoms with van der Waals surface area (Å²) in [7, 11) is 2.17. The van der Waals surface area contributed by atoms with Crippen molar-refractivity contribution in [3.8, 4) is 0 Å². The number of likely N-dealkylation sites (N-methyl/N-ethyl adjacent to an activating group) is 1. The van der Waals surface area contributed by atoms with Crippen LogP contribution in [-0.2, 0) is 22.4 Å². The van der Waals surface area contributed by atoms with Gasteiger partial charge in [-0.15, -0.1) is 0 Å². The van der Waals surface area contributed by atoms with Gasteiger partial charge in [0, 0.05) is 83.1 Å². The monoisotopic (exact) mass is 644 g/mol. The van der Waals surface area contributed by atoms with Gasteiger partial charge in [-0.25, -0.2) is 9.59 Å². The third-order valence-electron chi connectivity index (χ3n) is 11.1. The lowest BCUT2D eigenvalue weighted by molar-refractivity contribution is -0.142. The number of para-hydroxylation sites is 1. The SMILES string of the molecule is Cc1cc(C[C@@H](OC(=O)N2CCC(N3CCc4ccccc4NC3=O)CC2)C(=O)N2CCC(N3CCN(C)CC3)CC2)cc(C)c1C. The standard InChI is InChI=1S/C37H52N6O4/c1-26-23-29(24-27(2)28(26)3)25-34(35(44)41-14-10-31(11-15-41)40-21-19-39(4)20-22-40)47-37(46)42-16-12-32(13-17-42)43-18-9-30-7-5-6-8-33(30)38-36(43)45/h5-8,23-24,31-32,34H,9-22,25H2,1-4H3,(H,38,45)/t34-/m1/s1. The molecule has 2 aromatic carbocycles. The number of anilines is 1. The molecule has 0 radical (unpaired) electrons. The Kier molecular flexibility index (Phi) is 10.4. The fourth-order valence-corrected chi connectivity index (χ4v) is 7.77. The van der Waals surface area contributed by atoms with Gasteiger partial charge in [-0.2, -0.15) is 0 Å². The first kappa shape index (κ1) is 33.3. The molecule has 10 heteroatoms. The van der Waals surface area contributed by atoms with Crippen molar-refractivity contribution < 1.29 is 19.1 Å². The van der Waals surface area contributed by atoms with Crippen molar-refractivity contribution in [1.82, 2.24) is 24.5 Å². The molecule has 0 spiro atoms. The molecular formula is C37H52N6O4. The molecule has 4 heterocycles. The van der Waals surface area contributed by atoms with Gasteiger partial charge >= 0.3 is 12.1 Å². The van der Waals surface area contributed by atoms with Gasteiger partial charge in [-0.1, -0.05) is 30.3 Å². The number of nitrogens with one attached hydrogen (secondary N) is 1. The highest BCUT2D eigenvalue weighted by molar-refractivity contribution is 5.91. The van der Waals surface area contributed by atoms with Crippen LogP contribution in [0.4, 0.5) is 15.3 Å². The number of nitrogens with zero attached hydrogens (tertiary/aromatic N) is 5. The summed E-state index contributed by atoms with van der Waals surface area (Å²) < 4.78 is 6.12. The quantitative estimate of drug-likeness (QED) is 0.500. The van der Waals surface area contributed by atoms with Gasteiger partial charge in [0.25, 0.3) is 5.91 Å². The topological polar surface area (TPSA) is 88.7 Å². The highest BCUT2D eigenvalue weighted by atomic mass is 16.6. The number of aryl methyl sites for hydroxylation is 2. The number of piperazine rings is 1. The molecule has 254 valence electrons. The van der Waals surface area contributed by atoms with Crippen molar-refractivity contribution in [1.29, 1.82) is 0 Å². The van der Waals surface area contributed by atoms with Gasteiger partial charge in [0.05, 0.1) is 0 Å². The van der Waals surface area contributed by atoms with Crippen LogP contribution in [0.15, 0.2) is 36.4 Å². The smallest absolute Gasteiger partial charge is 0.410 e. The summed E-state index contributed by atoms with van der Waals surface area (Å²) in [6, 6.07) is 12.6. The average molecular weight is 645 g/mol. The van der Waals surface area contributed by atoms with Crippen molar-refractivity contribution in [2.45, 2.75) is 77.5 Å².